The SMILES string of the molecule is CCCCOc1ccc(/C=C/c2nc3s/c(=C\c4cn(-c5ccccc5)nc4-c4ccc(OCC)cc4)c(=O)n3n2)cc1. The molecule has 0 spiro atoms. The van der Waals surface area contributed by atoms with Gasteiger partial charge in [-0.15, -0.1) is 5.10 Å². The summed E-state index contributed by atoms with van der Waals surface area (Å²) in [6, 6.07) is 25.6. The van der Waals surface area contributed by atoms with E-state index in [-0.39, 0.29) is 5.56 Å². The van der Waals surface area contributed by atoms with Crippen LogP contribution in [-0.4, -0.2) is 37.6 Å². The van der Waals surface area contributed by atoms with Crippen molar-refractivity contribution in [3.8, 4) is 28.4 Å². The average Bonchev–Trinajstić information content (AvgIpc) is 3.72. The number of hydrogen-bond acceptors (Lipinski definition) is 7. The molecule has 0 unspecified atom stereocenters. The van der Waals surface area contributed by atoms with Crippen LogP contribution in [0.4, 0.5) is 0 Å². The van der Waals surface area contributed by atoms with E-state index in [4.69, 9.17) is 14.6 Å². The highest BCUT2D eigenvalue weighted by molar-refractivity contribution is 7.15. The third kappa shape index (κ3) is 6.42. The number of unbranched alkanes of at least 4 members (excludes halogenated alkanes) is 1. The molecule has 0 radical (unpaired) electrons. The van der Waals surface area contributed by atoms with Gasteiger partial charge in [-0.2, -0.15) is 14.6 Å². The molecule has 0 aliphatic heterocycles. The summed E-state index contributed by atoms with van der Waals surface area (Å²) < 4.78 is 15.1. The highest BCUT2D eigenvalue weighted by atomic mass is 32.1. The van der Waals surface area contributed by atoms with Crippen LogP contribution in [0, 0.1) is 0 Å². The molecule has 0 amide bonds. The second-order valence-corrected chi connectivity index (χ2v) is 10.9. The van der Waals surface area contributed by atoms with Gasteiger partial charge in [0.25, 0.3) is 5.56 Å². The van der Waals surface area contributed by atoms with E-state index in [0.29, 0.717) is 21.9 Å². The van der Waals surface area contributed by atoms with Crippen LogP contribution in [0.1, 0.15) is 43.6 Å². The predicted octanol–water partition coefficient (Wildman–Crippen LogP) is 6.30. The molecule has 8 nitrogen and oxygen atoms in total. The number of rotatable bonds is 11. The largest absolute Gasteiger partial charge is 0.494 e. The van der Waals surface area contributed by atoms with E-state index in [9.17, 15) is 4.79 Å². The lowest BCUT2D eigenvalue weighted by atomic mass is 10.1. The van der Waals surface area contributed by atoms with Gasteiger partial charge in [0.05, 0.1) is 23.4 Å². The standard InChI is InChI=1S/C34H31N5O3S/c1-3-5-21-42-29-16-11-24(12-17-29)13-20-31-35-34-39(36-31)33(40)30(43-34)22-26-23-38(27-9-7-6-8-10-27)37-32(26)25-14-18-28(19-15-25)41-4-2/h6-20,22-23H,3-5,21H2,1-2H3/b20-13+,30-22-. The fraction of sp³-hybridized carbons (Fsp3) is 0.176. The number of ether oxygens (including phenoxy) is 2. The Balaban J connectivity index is 1.29. The van der Waals surface area contributed by atoms with Crippen LogP contribution in [0.15, 0.2) is 89.9 Å². The van der Waals surface area contributed by atoms with Crippen molar-refractivity contribution < 1.29 is 9.47 Å². The summed E-state index contributed by atoms with van der Waals surface area (Å²) in [6.07, 6.45) is 9.67. The van der Waals surface area contributed by atoms with Crippen LogP contribution in [0.3, 0.4) is 0 Å². The molecule has 3 aromatic heterocycles. The summed E-state index contributed by atoms with van der Waals surface area (Å²) in [6.45, 7) is 5.41. The van der Waals surface area contributed by atoms with Gasteiger partial charge in [-0.1, -0.05) is 61.1 Å². The summed E-state index contributed by atoms with van der Waals surface area (Å²) in [4.78, 5) is 18.5. The molecule has 3 heterocycles. The minimum Gasteiger partial charge on any atom is -0.494 e. The van der Waals surface area contributed by atoms with Crippen molar-refractivity contribution >= 4 is 34.5 Å². The van der Waals surface area contributed by atoms with Crippen molar-refractivity contribution in [1.29, 1.82) is 0 Å². The zero-order chi connectivity index (χ0) is 29.6. The smallest absolute Gasteiger partial charge is 0.291 e. The van der Waals surface area contributed by atoms with E-state index < -0.39 is 0 Å². The van der Waals surface area contributed by atoms with E-state index in [1.807, 2.05) is 115 Å². The molecule has 9 heteroatoms. The van der Waals surface area contributed by atoms with Crippen LogP contribution in [-0.2, 0) is 0 Å². The molecule has 0 fully saturated rings. The Morgan fingerprint density at radius 2 is 1.60 bits per heavy atom. The number of aromatic nitrogens is 5. The van der Waals surface area contributed by atoms with Crippen molar-refractivity contribution in [2.24, 2.45) is 0 Å². The van der Waals surface area contributed by atoms with Gasteiger partial charge in [0.15, 0.2) is 5.82 Å². The highest BCUT2D eigenvalue weighted by Crippen LogP contribution is 2.26. The summed E-state index contributed by atoms with van der Waals surface area (Å²) in [7, 11) is 0. The molecule has 3 aromatic carbocycles. The number of nitrogens with zero attached hydrogens (tertiary/aromatic N) is 5. The molecule has 6 rings (SSSR count). The van der Waals surface area contributed by atoms with Crippen LogP contribution in [0.2, 0.25) is 0 Å². The lowest BCUT2D eigenvalue weighted by Gasteiger charge is -2.04. The quantitative estimate of drug-likeness (QED) is 0.165. The fourth-order valence-corrected chi connectivity index (χ4v) is 5.45. The normalized spacial score (nSPS) is 12.0. The first-order valence-corrected chi connectivity index (χ1v) is 15.1. The number of hydrogen-bond donors (Lipinski definition) is 0. The monoisotopic (exact) mass is 589 g/mol. The molecule has 0 N–H and O–H groups in total. The fourth-order valence-electron chi connectivity index (χ4n) is 4.55. The molecule has 0 aliphatic carbocycles. The highest BCUT2D eigenvalue weighted by Gasteiger charge is 2.14. The van der Waals surface area contributed by atoms with Crippen LogP contribution in [0.25, 0.3) is 40.1 Å². The number of benzene rings is 3. The Labute approximate surface area is 253 Å². The first-order chi connectivity index (χ1) is 21.1. The van der Waals surface area contributed by atoms with Gasteiger partial charge in [0.2, 0.25) is 4.96 Å². The zero-order valence-electron chi connectivity index (χ0n) is 24.0. The van der Waals surface area contributed by atoms with E-state index in [1.54, 1.807) is 0 Å². The van der Waals surface area contributed by atoms with Gasteiger partial charge < -0.3 is 9.47 Å². The van der Waals surface area contributed by atoms with Crippen molar-refractivity contribution in [2.45, 2.75) is 26.7 Å². The van der Waals surface area contributed by atoms with Crippen molar-refractivity contribution in [2.75, 3.05) is 13.2 Å². The maximum Gasteiger partial charge on any atom is 0.291 e. The van der Waals surface area contributed by atoms with Crippen molar-refractivity contribution in [3.63, 3.8) is 0 Å². The molecular weight excluding hydrogens is 558 g/mol. The topological polar surface area (TPSA) is 83.5 Å². The molecule has 0 saturated heterocycles. The molecule has 0 saturated carbocycles. The Morgan fingerprint density at radius 1 is 0.860 bits per heavy atom. The zero-order valence-corrected chi connectivity index (χ0v) is 24.8. The molecular formula is C34H31N5O3S. The van der Waals surface area contributed by atoms with Gasteiger partial charge in [-0.3, -0.25) is 4.79 Å². The molecule has 6 aromatic rings. The molecule has 0 atom stereocenters. The van der Waals surface area contributed by atoms with Crippen LogP contribution < -0.4 is 19.6 Å². The molecule has 0 bridgehead atoms. The Morgan fingerprint density at radius 3 is 2.33 bits per heavy atom. The summed E-state index contributed by atoms with van der Waals surface area (Å²) >= 11 is 1.30. The predicted molar refractivity (Wildman–Crippen MR) is 172 cm³/mol. The molecule has 0 aliphatic rings. The average molecular weight is 590 g/mol. The minimum absolute atomic E-state index is 0.217. The lowest BCUT2D eigenvalue weighted by molar-refractivity contribution is 0.309. The third-order valence-corrected chi connectivity index (χ3v) is 7.72. The Bertz CT molecular complexity index is 1960. The lowest BCUT2D eigenvalue weighted by Crippen LogP contribution is -2.23. The number of thiazole rings is 1. The summed E-state index contributed by atoms with van der Waals surface area (Å²) in [5.74, 6) is 2.13. The second kappa shape index (κ2) is 12.9. The van der Waals surface area contributed by atoms with Crippen molar-refractivity contribution in [3.05, 3.63) is 117 Å². The first-order valence-electron chi connectivity index (χ1n) is 14.3. The van der Waals surface area contributed by atoms with E-state index in [0.717, 1.165) is 59.0 Å². The maximum absolute atomic E-state index is 13.4. The maximum atomic E-state index is 13.4. The van der Waals surface area contributed by atoms with E-state index in [1.165, 1.54) is 15.9 Å². The van der Waals surface area contributed by atoms with Gasteiger partial charge in [0.1, 0.15) is 17.2 Å². The summed E-state index contributed by atoms with van der Waals surface area (Å²) in [5.41, 5.74) is 4.20. The molecule has 43 heavy (non-hydrogen) atoms. The van der Waals surface area contributed by atoms with Crippen LogP contribution >= 0.6 is 11.3 Å². The van der Waals surface area contributed by atoms with Gasteiger partial charge in [0, 0.05) is 17.3 Å². The van der Waals surface area contributed by atoms with E-state index >= 15 is 0 Å². The Kier molecular flexibility index (Phi) is 8.42. The van der Waals surface area contributed by atoms with Crippen molar-refractivity contribution in [1.82, 2.24) is 24.4 Å². The second-order valence-electron chi connectivity index (χ2n) is 9.86. The molecule has 216 valence electrons. The third-order valence-electron chi connectivity index (χ3n) is 6.76. The van der Waals surface area contributed by atoms with Gasteiger partial charge in [-0.05, 0) is 79.6 Å². The Hall–Kier alpha value is -5.02. The number of para-hydroxylation sites is 1. The van der Waals surface area contributed by atoms with Crippen LogP contribution in [0.5, 0.6) is 11.5 Å². The minimum atomic E-state index is -0.217. The van der Waals surface area contributed by atoms with Gasteiger partial charge >= 0.3 is 0 Å². The summed E-state index contributed by atoms with van der Waals surface area (Å²) in [5, 5.41) is 9.33. The first kappa shape index (κ1) is 28.1. The van der Waals surface area contributed by atoms with Gasteiger partial charge in [-0.25, -0.2) is 4.68 Å². The number of fused-ring (bicyclic) bond motifs is 1. The van der Waals surface area contributed by atoms with E-state index in [2.05, 4.69) is 17.0 Å².